The van der Waals surface area contributed by atoms with Crippen molar-refractivity contribution in [1.82, 2.24) is 10.9 Å². The SMILES string of the molecule is O=C(NNC(=O)c1cccc2ccccc12)c1ccccc1O. The number of benzene rings is 3. The third-order valence-corrected chi connectivity index (χ3v) is 3.47. The van der Waals surface area contributed by atoms with Crippen LogP contribution >= 0.6 is 0 Å². The van der Waals surface area contributed by atoms with Gasteiger partial charge in [0.2, 0.25) is 0 Å². The van der Waals surface area contributed by atoms with E-state index in [1.165, 1.54) is 12.1 Å². The van der Waals surface area contributed by atoms with Crippen molar-refractivity contribution >= 4 is 22.6 Å². The molecule has 0 unspecified atom stereocenters. The first-order valence-corrected chi connectivity index (χ1v) is 7.03. The summed E-state index contributed by atoms with van der Waals surface area (Å²) in [7, 11) is 0. The molecule has 0 radical (unpaired) electrons. The number of phenols is 1. The van der Waals surface area contributed by atoms with Crippen LogP contribution in [-0.4, -0.2) is 16.9 Å². The van der Waals surface area contributed by atoms with E-state index in [0.29, 0.717) is 5.56 Å². The van der Waals surface area contributed by atoms with Crippen LogP contribution in [0.15, 0.2) is 66.7 Å². The second-order valence-electron chi connectivity index (χ2n) is 4.95. The van der Waals surface area contributed by atoms with Crippen LogP contribution in [0.4, 0.5) is 0 Å². The quantitative estimate of drug-likeness (QED) is 0.637. The fraction of sp³-hybridized carbons (Fsp3) is 0. The Bertz CT molecular complexity index is 885. The lowest BCUT2D eigenvalue weighted by atomic mass is 10.0. The second-order valence-corrected chi connectivity index (χ2v) is 4.95. The van der Waals surface area contributed by atoms with E-state index in [0.717, 1.165) is 10.8 Å². The van der Waals surface area contributed by atoms with E-state index in [2.05, 4.69) is 10.9 Å². The maximum Gasteiger partial charge on any atom is 0.273 e. The Morgan fingerprint density at radius 2 is 1.26 bits per heavy atom. The number of nitrogens with one attached hydrogen (secondary N) is 2. The highest BCUT2D eigenvalue weighted by Crippen LogP contribution is 2.18. The largest absolute Gasteiger partial charge is 0.507 e. The van der Waals surface area contributed by atoms with Gasteiger partial charge < -0.3 is 5.11 Å². The average molecular weight is 306 g/mol. The van der Waals surface area contributed by atoms with Gasteiger partial charge >= 0.3 is 0 Å². The molecule has 0 saturated heterocycles. The van der Waals surface area contributed by atoms with E-state index < -0.39 is 11.8 Å². The molecule has 0 spiro atoms. The van der Waals surface area contributed by atoms with Crippen molar-refractivity contribution < 1.29 is 14.7 Å². The minimum absolute atomic E-state index is 0.0886. The molecule has 3 rings (SSSR count). The molecule has 3 N–H and O–H groups in total. The molecule has 5 heteroatoms. The molecule has 0 aliphatic rings. The molecular formula is C18H14N2O3. The molecule has 0 saturated carbocycles. The first kappa shape index (κ1) is 14.6. The molecule has 0 aliphatic heterocycles. The summed E-state index contributed by atoms with van der Waals surface area (Å²) in [5, 5.41) is 11.4. The molecule has 0 aromatic heterocycles. The number of phenolic OH excluding ortho intramolecular Hbond substituents is 1. The number of hydrazine groups is 1. The number of aromatic hydroxyl groups is 1. The summed E-state index contributed by atoms with van der Waals surface area (Å²) in [5.41, 5.74) is 5.22. The summed E-state index contributed by atoms with van der Waals surface area (Å²) >= 11 is 0. The molecule has 114 valence electrons. The van der Waals surface area contributed by atoms with E-state index >= 15 is 0 Å². The molecule has 0 aliphatic carbocycles. The number of para-hydroxylation sites is 1. The number of carbonyl (C=O) groups excluding carboxylic acids is 2. The summed E-state index contributed by atoms with van der Waals surface area (Å²) in [6.07, 6.45) is 0. The number of carbonyl (C=O) groups is 2. The van der Waals surface area contributed by atoms with E-state index in [1.54, 1.807) is 24.3 Å². The lowest BCUT2D eigenvalue weighted by molar-refractivity contribution is 0.0846. The highest BCUT2D eigenvalue weighted by molar-refractivity contribution is 6.08. The minimum atomic E-state index is -0.586. The van der Waals surface area contributed by atoms with E-state index in [4.69, 9.17) is 0 Å². The predicted octanol–water partition coefficient (Wildman–Crippen LogP) is 2.62. The van der Waals surface area contributed by atoms with Gasteiger partial charge in [-0.15, -0.1) is 0 Å². The van der Waals surface area contributed by atoms with E-state index in [1.807, 2.05) is 30.3 Å². The molecule has 3 aromatic rings. The van der Waals surface area contributed by atoms with Crippen molar-refractivity contribution in [3.8, 4) is 5.75 Å². The lowest BCUT2D eigenvalue weighted by Crippen LogP contribution is -2.41. The lowest BCUT2D eigenvalue weighted by Gasteiger charge is -2.10. The molecule has 5 nitrogen and oxygen atoms in total. The Balaban J connectivity index is 1.77. The summed E-state index contributed by atoms with van der Waals surface area (Å²) in [6, 6.07) is 19.0. The van der Waals surface area contributed by atoms with Crippen LogP contribution in [0.3, 0.4) is 0 Å². The fourth-order valence-corrected chi connectivity index (χ4v) is 2.34. The normalized spacial score (nSPS) is 10.3. The van der Waals surface area contributed by atoms with Gasteiger partial charge in [0.25, 0.3) is 11.8 Å². The van der Waals surface area contributed by atoms with Crippen LogP contribution < -0.4 is 10.9 Å². The van der Waals surface area contributed by atoms with Gasteiger partial charge in [-0.25, -0.2) is 0 Å². The van der Waals surface area contributed by atoms with Gasteiger partial charge in [0, 0.05) is 5.56 Å². The third-order valence-electron chi connectivity index (χ3n) is 3.47. The molecule has 2 amide bonds. The molecule has 0 atom stereocenters. The van der Waals surface area contributed by atoms with Crippen LogP contribution in [0.2, 0.25) is 0 Å². The smallest absolute Gasteiger partial charge is 0.273 e. The highest BCUT2D eigenvalue weighted by Gasteiger charge is 2.13. The Morgan fingerprint density at radius 3 is 2.04 bits per heavy atom. The monoisotopic (exact) mass is 306 g/mol. The maximum atomic E-state index is 12.3. The third kappa shape index (κ3) is 2.98. The number of amides is 2. The molecule has 0 heterocycles. The molecular weight excluding hydrogens is 292 g/mol. The fourth-order valence-electron chi connectivity index (χ4n) is 2.34. The predicted molar refractivity (Wildman–Crippen MR) is 87.0 cm³/mol. The first-order valence-electron chi connectivity index (χ1n) is 7.03. The zero-order valence-corrected chi connectivity index (χ0v) is 12.1. The Labute approximate surface area is 132 Å². The van der Waals surface area contributed by atoms with Gasteiger partial charge in [-0.2, -0.15) is 0 Å². The van der Waals surface area contributed by atoms with Crippen molar-refractivity contribution in [1.29, 1.82) is 0 Å². The van der Waals surface area contributed by atoms with Crippen LogP contribution in [0.5, 0.6) is 5.75 Å². The Hall–Kier alpha value is -3.34. The Morgan fingerprint density at radius 1 is 0.696 bits per heavy atom. The zero-order chi connectivity index (χ0) is 16.2. The topological polar surface area (TPSA) is 78.4 Å². The van der Waals surface area contributed by atoms with Gasteiger partial charge in [-0.05, 0) is 29.0 Å². The number of rotatable bonds is 2. The Kier molecular flexibility index (Phi) is 3.93. The highest BCUT2D eigenvalue weighted by atomic mass is 16.3. The number of hydrogen-bond donors (Lipinski definition) is 3. The van der Waals surface area contributed by atoms with Gasteiger partial charge in [-0.1, -0.05) is 48.5 Å². The van der Waals surface area contributed by atoms with Crippen LogP contribution in [0.1, 0.15) is 20.7 Å². The summed E-state index contributed by atoms with van der Waals surface area (Å²) in [4.78, 5) is 24.3. The number of hydrogen-bond acceptors (Lipinski definition) is 3. The van der Waals surface area contributed by atoms with E-state index in [9.17, 15) is 14.7 Å². The van der Waals surface area contributed by atoms with Crippen LogP contribution in [-0.2, 0) is 0 Å². The van der Waals surface area contributed by atoms with Crippen molar-refractivity contribution in [2.45, 2.75) is 0 Å². The van der Waals surface area contributed by atoms with Gasteiger partial charge in [0.05, 0.1) is 5.56 Å². The van der Waals surface area contributed by atoms with Crippen LogP contribution in [0.25, 0.3) is 10.8 Å². The van der Waals surface area contributed by atoms with Gasteiger partial charge in [-0.3, -0.25) is 20.4 Å². The first-order chi connectivity index (χ1) is 11.2. The summed E-state index contributed by atoms with van der Waals surface area (Å²) in [5.74, 6) is -1.16. The molecule has 3 aromatic carbocycles. The molecule has 23 heavy (non-hydrogen) atoms. The standard InChI is InChI=1S/C18H14N2O3/c21-16-11-4-3-9-15(16)18(23)20-19-17(22)14-10-5-7-12-6-1-2-8-13(12)14/h1-11,21H,(H,19,22)(H,20,23). The van der Waals surface area contributed by atoms with Crippen molar-refractivity contribution in [2.24, 2.45) is 0 Å². The maximum absolute atomic E-state index is 12.3. The van der Waals surface area contributed by atoms with Gasteiger partial charge in [0.1, 0.15) is 5.75 Å². The molecule has 0 fully saturated rings. The molecule has 0 bridgehead atoms. The van der Waals surface area contributed by atoms with Crippen LogP contribution in [0, 0.1) is 0 Å². The number of fused-ring (bicyclic) bond motifs is 1. The summed E-state index contributed by atoms with van der Waals surface area (Å²) < 4.78 is 0. The van der Waals surface area contributed by atoms with Crippen molar-refractivity contribution in [3.63, 3.8) is 0 Å². The van der Waals surface area contributed by atoms with E-state index in [-0.39, 0.29) is 11.3 Å². The van der Waals surface area contributed by atoms with Gasteiger partial charge in [0.15, 0.2) is 0 Å². The average Bonchev–Trinajstić information content (AvgIpc) is 2.59. The minimum Gasteiger partial charge on any atom is -0.507 e. The van der Waals surface area contributed by atoms with Crippen molar-refractivity contribution in [2.75, 3.05) is 0 Å². The second kappa shape index (κ2) is 6.19. The van der Waals surface area contributed by atoms with Crippen molar-refractivity contribution in [3.05, 3.63) is 77.9 Å². The summed E-state index contributed by atoms with van der Waals surface area (Å²) in [6.45, 7) is 0. The zero-order valence-electron chi connectivity index (χ0n) is 12.1.